The van der Waals surface area contributed by atoms with Gasteiger partial charge in [0.15, 0.2) is 0 Å². The largest absolute Gasteiger partial charge is 0.493 e. The molecule has 0 aliphatic rings. The number of aldehydes is 4. The van der Waals surface area contributed by atoms with E-state index in [-0.39, 0.29) is 0 Å². The van der Waals surface area contributed by atoms with E-state index in [4.69, 9.17) is 9.47 Å². The zero-order valence-corrected chi connectivity index (χ0v) is 37.2. The molecule has 7 aromatic carbocycles. The molecule has 328 valence electrons. The van der Waals surface area contributed by atoms with Crippen molar-refractivity contribution in [2.24, 2.45) is 0 Å². The van der Waals surface area contributed by atoms with Crippen LogP contribution in [0.15, 0.2) is 152 Å². The smallest absolute Gasteiger partial charge is 0.150 e. The van der Waals surface area contributed by atoms with Crippen LogP contribution < -0.4 is 9.47 Å². The number of carbonyl (C=O) groups excluding carboxylic acids is 4. The van der Waals surface area contributed by atoms with E-state index in [0.29, 0.717) is 47.0 Å². The van der Waals surface area contributed by atoms with Crippen LogP contribution in [-0.4, -0.2) is 31.8 Å². The van der Waals surface area contributed by atoms with E-state index in [2.05, 4.69) is 13.0 Å². The Balaban J connectivity index is 1.44. The third-order valence-electron chi connectivity index (χ3n) is 11.9. The lowest BCUT2D eigenvalue weighted by atomic mass is 9.78. The number of hydrogen-bond acceptors (Lipinski definition) is 6. The predicted octanol–water partition coefficient (Wildman–Crippen LogP) is 15.2. The first-order valence-corrected chi connectivity index (χ1v) is 22.9. The maximum absolute atomic E-state index is 12.0. The number of unbranched alkanes of at least 4 members (excludes halogenated alkanes) is 9. The molecule has 0 N–H and O–H groups in total. The molecule has 0 amide bonds. The number of benzene rings is 7. The normalized spacial score (nSPS) is 10.9. The van der Waals surface area contributed by atoms with Gasteiger partial charge in [0.25, 0.3) is 0 Å². The van der Waals surface area contributed by atoms with E-state index in [1.54, 1.807) is 12.1 Å². The molecule has 0 unspecified atom stereocenters. The van der Waals surface area contributed by atoms with Crippen LogP contribution in [0.4, 0.5) is 0 Å². The molecule has 0 radical (unpaired) electrons. The summed E-state index contributed by atoms with van der Waals surface area (Å²) in [5.41, 5.74) is 11.8. The standard InChI is InChI=1S/C59H56O6/c1-2-3-4-5-6-7-8-9-10-14-35-64-56-34-33-52(65-42-47-15-12-11-13-16-47)36-54(56)55-37-53(48-25-17-43(38-60)18-26-48)57(49-27-19-44(39-61)20-28-49)59(51-31-23-46(41-63)24-32-51)58(55)50-29-21-45(40-62)22-30-50/h11-13,15-34,36-41H,2-10,14,35,42H2,1H3. The van der Waals surface area contributed by atoms with Crippen LogP contribution in [-0.2, 0) is 6.61 Å². The lowest BCUT2D eigenvalue weighted by Crippen LogP contribution is -2.03. The van der Waals surface area contributed by atoms with Crippen LogP contribution in [0.3, 0.4) is 0 Å². The minimum atomic E-state index is 0.373. The number of carbonyl (C=O) groups is 4. The van der Waals surface area contributed by atoms with Gasteiger partial charge in [0.05, 0.1) is 6.61 Å². The second-order valence-electron chi connectivity index (χ2n) is 16.5. The van der Waals surface area contributed by atoms with Crippen LogP contribution in [0, 0.1) is 0 Å². The summed E-state index contributed by atoms with van der Waals surface area (Å²) in [6.07, 6.45) is 15.5. The summed E-state index contributed by atoms with van der Waals surface area (Å²) in [4.78, 5) is 47.9. The quantitative estimate of drug-likeness (QED) is 0.0444. The Morgan fingerprint density at radius 3 is 1.32 bits per heavy atom. The third-order valence-corrected chi connectivity index (χ3v) is 11.9. The first kappa shape index (κ1) is 45.8. The minimum absolute atomic E-state index is 0.373. The number of rotatable bonds is 24. The van der Waals surface area contributed by atoms with Crippen molar-refractivity contribution >= 4 is 25.1 Å². The average molecular weight is 861 g/mol. The average Bonchev–Trinajstić information content (AvgIpc) is 3.37. The highest BCUT2D eigenvalue weighted by molar-refractivity contribution is 6.08. The van der Waals surface area contributed by atoms with Gasteiger partial charge in [-0.25, -0.2) is 0 Å². The number of ether oxygens (including phenoxy) is 2. The van der Waals surface area contributed by atoms with E-state index in [1.165, 1.54) is 51.4 Å². The van der Waals surface area contributed by atoms with Crippen LogP contribution in [0.5, 0.6) is 11.5 Å². The van der Waals surface area contributed by atoms with E-state index >= 15 is 0 Å². The first-order chi connectivity index (χ1) is 32.0. The Bertz CT molecular complexity index is 2650. The Morgan fingerprint density at radius 2 is 0.831 bits per heavy atom. The van der Waals surface area contributed by atoms with Crippen molar-refractivity contribution in [3.05, 3.63) is 179 Å². The van der Waals surface area contributed by atoms with Crippen molar-refractivity contribution in [3.8, 4) is 67.1 Å². The fourth-order valence-electron chi connectivity index (χ4n) is 8.39. The molecule has 0 aromatic heterocycles. The van der Waals surface area contributed by atoms with Gasteiger partial charge in [-0.05, 0) is 86.3 Å². The van der Waals surface area contributed by atoms with Gasteiger partial charge in [0, 0.05) is 27.8 Å². The lowest BCUT2D eigenvalue weighted by Gasteiger charge is -2.26. The zero-order valence-electron chi connectivity index (χ0n) is 37.2. The molecular formula is C59H56O6. The van der Waals surface area contributed by atoms with Gasteiger partial charge < -0.3 is 9.47 Å². The van der Waals surface area contributed by atoms with Crippen LogP contribution in [0.1, 0.15) is 118 Å². The highest BCUT2D eigenvalue weighted by Gasteiger charge is 2.26. The fraction of sp³-hybridized carbons (Fsp3) is 0.220. The van der Waals surface area contributed by atoms with Crippen molar-refractivity contribution in [1.82, 2.24) is 0 Å². The molecule has 0 bridgehead atoms. The van der Waals surface area contributed by atoms with Crippen molar-refractivity contribution in [2.45, 2.75) is 77.7 Å². The molecule has 0 aliphatic carbocycles. The van der Waals surface area contributed by atoms with E-state index < -0.39 is 0 Å². The maximum Gasteiger partial charge on any atom is 0.150 e. The van der Waals surface area contributed by atoms with Gasteiger partial charge in [0.1, 0.15) is 43.3 Å². The van der Waals surface area contributed by atoms with Crippen molar-refractivity contribution in [1.29, 1.82) is 0 Å². The van der Waals surface area contributed by atoms with Gasteiger partial charge in [-0.15, -0.1) is 0 Å². The Morgan fingerprint density at radius 1 is 0.385 bits per heavy atom. The second-order valence-corrected chi connectivity index (χ2v) is 16.5. The second kappa shape index (κ2) is 23.5. The van der Waals surface area contributed by atoms with Crippen LogP contribution >= 0.6 is 0 Å². The summed E-state index contributed by atoms with van der Waals surface area (Å²) in [5, 5.41) is 0. The van der Waals surface area contributed by atoms with Crippen molar-refractivity contribution in [2.75, 3.05) is 6.61 Å². The molecule has 6 heteroatoms. The Kier molecular flexibility index (Phi) is 16.6. The molecule has 0 aliphatic heterocycles. The highest BCUT2D eigenvalue weighted by atomic mass is 16.5. The topological polar surface area (TPSA) is 86.7 Å². The molecule has 7 aromatic rings. The van der Waals surface area contributed by atoms with Gasteiger partial charge >= 0.3 is 0 Å². The zero-order chi connectivity index (χ0) is 45.2. The fourth-order valence-corrected chi connectivity index (χ4v) is 8.39. The molecule has 6 nitrogen and oxygen atoms in total. The van der Waals surface area contributed by atoms with E-state index in [9.17, 15) is 19.2 Å². The summed E-state index contributed by atoms with van der Waals surface area (Å²) in [5.74, 6) is 1.37. The predicted molar refractivity (Wildman–Crippen MR) is 263 cm³/mol. The summed E-state index contributed by atoms with van der Waals surface area (Å²) < 4.78 is 13.3. The molecule has 65 heavy (non-hydrogen) atoms. The van der Waals surface area contributed by atoms with E-state index in [1.807, 2.05) is 133 Å². The van der Waals surface area contributed by atoms with E-state index in [0.717, 1.165) is 99.2 Å². The maximum atomic E-state index is 12.0. The van der Waals surface area contributed by atoms with Crippen molar-refractivity contribution in [3.63, 3.8) is 0 Å². The molecule has 0 saturated carbocycles. The van der Waals surface area contributed by atoms with Gasteiger partial charge in [-0.1, -0.05) is 192 Å². The lowest BCUT2D eigenvalue weighted by molar-refractivity contribution is 0.111. The minimum Gasteiger partial charge on any atom is -0.493 e. The molecule has 0 atom stereocenters. The van der Waals surface area contributed by atoms with Crippen LogP contribution in [0.2, 0.25) is 0 Å². The van der Waals surface area contributed by atoms with Crippen molar-refractivity contribution < 1.29 is 28.7 Å². The molecule has 7 rings (SSSR count). The van der Waals surface area contributed by atoms with Crippen LogP contribution in [0.25, 0.3) is 55.6 Å². The summed E-state index contributed by atoms with van der Waals surface area (Å²) in [7, 11) is 0. The highest BCUT2D eigenvalue weighted by Crippen LogP contribution is 2.52. The molecule has 0 heterocycles. The monoisotopic (exact) mass is 860 g/mol. The summed E-state index contributed by atoms with van der Waals surface area (Å²) in [6.45, 7) is 3.17. The summed E-state index contributed by atoms with van der Waals surface area (Å²) in [6, 6.07) is 48.4. The SMILES string of the molecule is CCCCCCCCCCCCOc1ccc(OCc2ccccc2)cc1-c1cc(-c2ccc(C=O)cc2)c(-c2ccc(C=O)cc2)c(-c2ccc(C=O)cc2)c1-c1ccc(C=O)cc1. The molecule has 0 fully saturated rings. The van der Waals surface area contributed by atoms with Gasteiger partial charge in [-0.2, -0.15) is 0 Å². The Labute approximate surface area is 383 Å². The molecular weight excluding hydrogens is 805 g/mol. The van der Waals surface area contributed by atoms with Gasteiger partial charge in [-0.3, -0.25) is 19.2 Å². The Hall–Kier alpha value is -7.18. The number of hydrogen-bond donors (Lipinski definition) is 0. The van der Waals surface area contributed by atoms with Gasteiger partial charge in [0.2, 0.25) is 0 Å². The summed E-state index contributed by atoms with van der Waals surface area (Å²) >= 11 is 0. The molecule has 0 saturated heterocycles. The third kappa shape index (κ3) is 11.9. The first-order valence-electron chi connectivity index (χ1n) is 22.9. The molecule has 0 spiro atoms.